The fourth-order valence-electron chi connectivity index (χ4n) is 2.83. The van der Waals surface area contributed by atoms with Gasteiger partial charge in [-0.1, -0.05) is 17.7 Å². The maximum Gasteiger partial charge on any atom is 0.225 e. The predicted molar refractivity (Wildman–Crippen MR) is 88.3 cm³/mol. The maximum atomic E-state index is 11.8. The zero-order chi connectivity index (χ0) is 16.1. The Morgan fingerprint density at radius 1 is 1.48 bits per heavy atom. The molecule has 0 bridgehead atoms. The number of halogens is 1. The van der Waals surface area contributed by atoms with Gasteiger partial charge in [0, 0.05) is 45.5 Å². The lowest BCUT2D eigenvalue weighted by Crippen LogP contribution is -2.51. The van der Waals surface area contributed by atoms with Crippen LogP contribution >= 0.6 is 11.6 Å². The number of carbonyl (C=O) groups is 1. The van der Waals surface area contributed by atoms with Gasteiger partial charge in [0.05, 0.1) is 18.6 Å². The zero-order valence-electron chi connectivity index (χ0n) is 13.1. The third-order valence-electron chi connectivity index (χ3n) is 4.34. The monoisotopic (exact) mass is 338 g/mol. The third-order valence-corrected chi connectivity index (χ3v) is 4.56. The van der Waals surface area contributed by atoms with Crippen LogP contribution in [0.15, 0.2) is 18.3 Å². The second-order valence-electron chi connectivity index (χ2n) is 6.15. The molecule has 0 spiro atoms. The Morgan fingerprint density at radius 3 is 3.04 bits per heavy atom. The van der Waals surface area contributed by atoms with Crippen molar-refractivity contribution in [2.75, 3.05) is 39.3 Å². The smallest absolute Gasteiger partial charge is 0.225 e. The highest BCUT2D eigenvalue weighted by molar-refractivity contribution is 6.29. The number of ether oxygens (including phenoxy) is 1. The molecule has 3 heterocycles. The Hall–Kier alpha value is -1.21. The molecule has 2 saturated heterocycles. The Kier molecular flexibility index (Phi) is 5.83. The number of pyridine rings is 1. The molecule has 2 aliphatic heterocycles. The van der Waals surface area contributed by atoms with Crippen LogP contribution in [0.5, 0.6) is 0 Å². The first-order valence-electron chi connectivity index (χ1n) is 8.13. The van der Waals surface area contributed by atoms with Crippen molar-refractivity contribution in [2.24, 2.45) is 5.92 Å². The van der Waals surface area contributed by atoms with E-state index in [4.69, 9.17) is 16.3 Å². The van der Waals surface area contributed by atoms with E-state index >= 15 is 0 Å². The van der Waals surface area contributed by atoms with Crippen molar-refractivity contribution in [2.45, 2.75) is 19.1 Å². The maximum absolute atomic E-state index is 11.8. The van der Waals surface area contributed by atoms with Crippen LogP contribution in [0.1, 0.15) is 12.0 Å². The lowest BCUT2D eigenvalue weighted by atomic mass is 10.0. The first kappa shape index (κ1) is 16.6. The quantitative estimate of drug-likeness (QED) is 0.746. The summed E-state index contributed by atoms with van der Waals surface area (Å²) in [4.78, 5) is 18.3. The summed E-state index contributed by atoms with van der Waals surface area (Å²) in [6, 6.07) is 3.83. The molecule has 1 aromatic heterocycles. The van der Waals surface area contributed by atoms with Gasteiger partial charge in [-0.15, -0.1) is 0 Å². The molecule has 2 aliphatic rings. The minimum absolute atomic E-state index is 0.149. The van der Waals surface area contributed by atoms with E-state index in [0.717, 1.165) is 51.3 Å². The Labute approximate surface area is 141 Å². The molecule has 2 N–H and O–H groups in total. The van der Waals surface area contributed by atoms with Crippen molar-refractivity contribution in [3.8, 4) is 0 Å². The molecule has 6 nitrogen and oxygen atoms in total. The second kappa shape index (κ2) is 8.06. The SMILES string of the molecule is O=C(NCCC1CN(Cc2ccc(Cl)nc2)CCO1)C1CNC1. The Bertz CT molecular complexity index is 521. The second-order valence-corrected chi connectivity index (χ2v) is 6.54. The molecule has 0 radical (unpaired) electrons. The number of amides is 1. The van der Waals surface area contributed by atoms with Crippen LogP contribution in [0.2, 0.25) is 5.15 Å². The van der Waals surface area contributed by atoms with Gasteiger partial charge >= 0.3 is 0 Å². The topological polar surface area (TPSA) is 66.5 Å². The van der Waals surface area contributed by atoms with E-state index in [1.54, 1.807) is 0 Å². The molecule has 0 aliphatic carbocycles. The van der Waals surface area contributed by atoms with Crippen molar-refractivity contribution >= 4 is 17.5 Å². The lowest BCUT2D eigenvalue weighted by molar-refractivity contribution is -0.126. The van der Waals surface area contributed by atoms with Gasteiger partial charge in [-0.2, -0.15) is 0 Å². The van der Waals surface area contributed by atoms with Gasteiger partial charge in [0.15, 0.2) is 0 Å². The van der Waals surface area contributed by atoms with Crippen molar-refractivity contribution in [3.63, 3.8) is 0 Å². The van der Waals surface area contributed by atoms with Crippen LogP contribution in [0.25, 0.3) is 0 Å². The van der Waals surface area contributed by atoms with E-state index in [1.165, 1.54) is 0 Å². The van der Waals surface area contributed by atoms with Crippen LogP contribution in [0.4, 0.5) is 0 Å². The lowest BCUT2D eigenvalue weighted by Gasteiger charge is -2.33. The average molecular weight is 339 g/mol. The van der Waals surface area contributed by atoms with Crippen LogP contribution < -0.4 is 10.6 Å². The molecule has 2 fully saturated rings. The van der Waals surface area contributed by atoms with Gasteiger partial charge in [0.25, 0.3) is 0 Å². The minimum Gasteiger partial charge on any atom is -0.375 e. The van der Waals surface area contributed by atoms with E-state index < -0.39 is 0 Å². The summed E-state index contributed by atoms with van der Waals surface area (Å²) in [7, 11) is 0. The number of nitrogens with one attached hydrogen (secondary N) is 2. The molecule has 1 aromatic rings. The van der Waals surface area contributed by atoms with Crippen molar-refractivity contribution in [1.29, 1.82) is 0 Å². The molecule has 7 heteroatoms. The molecule has 1 amide bonds. The molecule has 1 unspecified atom stereocenters. The highest BCUT2D eigenvalue weighted by Crippen LogP contribution is 2.13. The average Bonchev–Trinajstić information content (AvgIpc) is 2.48. The van der Waals surface area contributed by atoms with Crippen molar-refractivity contribution in [1.82, 2.24) is 20.5 Å². The minimum atomic E-state index is 0.149. The molecular formula is C16H23ClN4O2. The van der Waals surface area contributed by atoms with Gasteiger partial charge in [-0.05, 0) is 18.1 Å². The zero-order valence-corrected chi connectivity index (χ0v) is 13.9. The molecule has 23 heavy (non-hydrogen) atoms. The number of hydrogen-bond acceptors (Lipinski definition) is 5. The molecule has 3 rings (SSSR count). The van der Waals surface area contributed by atoms with Gasteiger partial charge in [0.2, 0.25) is 5.91 Å². The number of aromatic nitrogens is 1. The summed E-state index contributed by atoms with van der Waals surface area (Å²) in [5.74, 6) is 0.305. The van der Waals surface area contributed by atoms with E-state index in [-0.39, 0.29) is 17.9 Å². The summed E-state index contributed by atoms with van der Waals surface area (Å²) in [5.41, 5.74) is 1.15. The van der Waals surface area contributed by atoms with Gasteiger partial charge < -0.3 is 15.4 Å². The first-order valence-corrected chi connectivity index (χ1v) is 8.51. The first-order chi connectivity index (χ1) is 11.2. The number of rotatable bonds is 6. The number of nitrogens with zero attached hydrogens (tertiary/aromatic N) is 2. The molecule has 126 valence electrons. The molecule has 1 atom stereocenters. The van der Waals surface area contributed by atoms with E-state index in [2.05, 4.69) is 20.5 Å². The molecular weight excluding hydrogens is 316 g/mol. The van der Waals surface area contributed by atoms with E-state index in [0.29, 0.717) is 11.7 Å². The standard InChI is InChI=1S/C16H23ClN4O2/c17-15-2-1-12(7-20-15)10-21-5-6-23-14(11-21)3-4-19-16(22)13-8-18-9-13/h1-2,7,13-14,18H,3-6,8-11H2,(H,19,22). The number of morpholine rings is 1. The van der Waals surface area contributed by atoms with Crippen LogP contribution in [-0.2, 0) is 16.1 Å². The van der Waals surface area contributed by atoms with Crippen LogP contribution in [0, 0.1) is 5.92 Å². The van der Waals surface area contributed by atoms with Gasteiger partial charge in [-0.25, -0.2) is 4.98 Å². The fourth-order valence-corrected chi connectivity index (χ4v) is 2.94. The van der Waals surface area contributed by atoms with Crippen molar-refractivity contribution < 1.29 is 9.53 Å². The van der Waals surface area contributed by atoms with Crippen LogP contribution in [-0.4, -0.2) is 61.2 Å². The highest BCUT2D eigenvalue weighted by atomic mass is 35.5. The summed E-state index contributed by atoms with van der Waals surface area (Å²) >= 11 is 5.81. The predicted octanol–water partition coefficient (Wildman–Crippen LogP) is 0.662. The normalized spacial score (nSPS) is 22.6. The van der Waals surface area contributed by atoms with E-state index in [1.807, 2.05) is 18.3 Å². The van der Waals surface area contributed by atoms with Gasteiger partial charge in [0.1, 0.15) is 5.15 Å². The Morgan fingerprint density at radius 2 is 2.35 bits per heavy atom. The van der Waals surface area contributed by atoms with Crippen LogP contribution in [0.3, 0.4) is 0 Å². The summed E-state index contributed by atoms with van der Waals surface area (Å²) in [5, 5.41) is 6.63. The number of hydrogen-bond donors (Lipinski definition) is 2. The fraction of sp³-hybridized carbons (Fsp3) is 0.625. The highest BCUT2D eigenvalue weighted by Gasteiger charge is 2.25. The van der Waals surface area contributed by atoms with Crippen molar-refractivity contribution in [3.05, 3.63) is 29.0 Å². The third kappa shape index (κ3) is 4.88. The summed E-state index contributed by atoms with van der Waals surface area (Å²) in [6.07, 6.45) is 2.84. The largest absolute Gasteiger partial charge is 0.375 e. The molecule has 0 aromatic carbocycles. The Balaban J connectivity index is 1.39. The summed E-state index contributed by atoms with van der Waals surface area (Å²) in [6.45, 7) is 5.65. The van der Waals surface area contributed by atoms with Gasteiger partial charge in [-0.3, -0.25) is 9.69 Å². The van der Waals surface area contributed by atoms with E-state index in [9.17, 15) is 4.79 Å². The molecule has 0 saturated carbocycles. The number of carbonyl (C=O) groups excluding carboxylic acids is 1. The summed E-state index contributed by atoms with van der Waals surface area (Å²) < 4.78 is 5.81.